The van der Waals surface area contributed by atoms with Crippen LogP contribution in [0.3, 0.4) is 0 Å². The summed E-state index contributed by atoms with van der Waals surface area (Å²) in [5, 5.41) is 3.61. The number of hydrogen-bond donors (Lipinski definition) is 1. The molecule has 0 spiro atoms. The van der Waals surface area contributed by atoms with Gasteiger partial charge in [0.15, 0.2) is 0 Å². The molecule has 1 saturated heterocycles. The van der Waals surface area contributed by atoms with E-state index in [0.717, 1.165) is 25.5 Å². The molecule has 21 heavy (non-hydrogen) atoms. The lowest BCUT2D eigenvalue weighted by molar-refractivity contribution is 0.324. The van der Waals surface area contributed by atoms with Crippen molar-refractivity contribution in [3.8, 4) is 5.88 Å². The Labute approximate surface area is 128 Å². The summed E-state index contributed by atoms with van der Waals surface area (Å²) >= 11 is 0. The first-order valence-electron chi connectivity index (χ1n) is 7.93. The first-order valence-corrected chi connectivity index (χ1v) is 7.93. The van der Waals surface area contributed by atoms with Crippen molar-refractivity contribution in [2.45, 2.75) is 46.1 Å². The number of nitrogens with zero attached hydrogens (tertiary/aromatic N) is 3. The van der Waals surface area contributed by atoms with E-state index >= 15 is 0 Å². The zero-order valence-electron chi connectivity index (χ0n) is 13.7. The molecular formula is C16H28N4O. The number of aromatic nitrogens is 2. The van der Waals surface area contributed by atoms with Gasteiger partial charge in [-0.1, -0.05) is 0 Å². The average Bonchev–Trinajstić information content (AvgIpc) is 2.45. The first-order chi connectivity index (χ1) is 9.98. The van der Waals surface area contributed by atoms with Gasteiger partial charge in [-0.2, -0.15) is 0 Å². The summed E-state index contributed by atoms with van der Waals surface area (Å²) in [6, 6.07) is 1.95. The Hall–Kier alpha value is -1.36. The summed E-state index contributed by atoms with van der Waals surface area (Å²) in [6.45, 7) is 12.4. The highest BCUT2D eigenvalue weighted by molar-refractivity contribution is 5.41. The summed E-state index contributed by atoms with van der Waals surface area (Å²) < 4.78 is 5.47. The molecular weight excluding hydrogens is 264 g/mol. The monoisotopic (exact) mass is 292 g/mol. The number of anilines is 1. The molecule has 1 aromatic rings. The van der Waals surface area contributed by atoms with E-state index in [-0.39, 0.29) is 5.54 Å². The summed E-state index contributed by atoms with van der Waals surface area (Å²) in [6.07, 6.45) is 4.09. The van der Waals surface area contributed by atoms with Crippen LogP contribution in [0.1, 0.15) is 40.5 Å². The van der Waals surface area contributed by atoms with Crippen LogP contribution in [0.5, 0.6) is 5.88 Å². The van der Waals surface area contributed by atoms with Crippen LogP contribution in [-0.4, -0.2) is 41.7 Å². The van der Waals surface area contributed by atoms with Crippen LogP contribution < -0.4 is 15.0 Å². The lowest BCUT2D eigenvalue weighted by Gasteiger charge is -2.35. The minimum atomic E-state index is 0.180. The number of nitrogens with one attached hydrogen (secondary N) is 1. The zero-order chi connectivity index (χ0) is 15.3. The second-order valence-corrected chi connectivity index (χ2v) is 6.73. The van der Waals surface area contributed by atoms with Gasteiger partial charge in [-0.3, -0.25) is 0 Å². The minimum absolute atomic E-state index is 0.180. The van der Waals surface area contributed by atoms with Crippen molar-refractivity contribution in [3.05, 3.63) is 12.4 Å². The van der Waals surface area contributed by atoms with Crippen LogP contribution in [-0.2, 0) is 0 Å². The van der Waals surface area contributed by atoms with Crippen molar-refractivity contribution in [1.29, 1.82) is 0 Å². The van der Waals surface area contributed by atoms with Gasteiger partial charge in [0.1, 0.15) is 12.1 Å². The average molecular weight is 292 g/mol. The molecule has 1 N–H and O–H groups in total. The second kappa shape index (κ2) is 7.07. The van der Waals surface area contributed by atoms with E-state index in [1.165, 1.54) is 12.8 Å². The topological polar surface area (TPSA) is 50.3 Å². The number of hydrogen-bond acceptors (Lipinski definition) is 5. The van der Waals surface area contributed by atoms with Crippen molar-refractivity contribution < 1.29 is 4.74 Å². The largest absolute Gasteiger partial charge is 0.478 e. The molecule has 118 valence electrons. The second-order valence-electron chi connectivity index (χ2n) is 6.73. The quantitative estimate of drug-likeness (QED) is 0.903. The molecule has 5 heteroatoms. The number of ether oxygens (including phenoxy) is 1. The lowest BCUT2D eigenvalue weighted by Crippen LogP contribution is -2.44. The Balaban J connectivity index is 1.95. The van der Waals surface area contributed by atoms with Crippen LogP contribution in [0, 0.1) is 5.92 Å². The molecule has 0 saturated carbocycles. The molecule has 0 radical (unpaired) electrons. The maximum atomic E-state index is 5.47. The van der Waals surface area contributed by atoms with E-state index in [4.69, 9.17) is 4.74 Å². The van der Waals surface area contributed by atoms with Gasteiger partial charge >= 0.3 is 0 Å². The summed E-state index contributed by atoms with van der Waals surface area (Å²) in [5.74, 6) is 2.31. The van der Waals surface area contributed by atoms with Gasteiger partial charge in [-0.15, -0.1) is 0 Å². The Morgan fingerprint density at radius 1 is 1.38 bits per heavy atom. The molecule has 0 aliphatic carbocycles. The maximum absolute atomic E-state index is 5.47. The Bertz CT molecular complexity index is 444. The molecule has 1 unspecified atom stereocenters. The van der Waals surface area contributed by atoms with E-state index in [1.807, 2.05) is 13.0 Å². The Kier molecular flexibility index (Phi) is 5.39. The van der Waals surface area contributed by atoms with Crippen LogP contribution >= 0.6 is 0 Å². The molecule has 0 amide bonds. The van der Waals surface area contributed by atoms with E-state index in [0.29, 0.717) is 18.4 Å². The van der Waals surface area contributed by atoms with Gasteiger partial charge in [0.05, 0.1) is 6.61 Å². The fourth-order valence-corrected chi connectivity index (χ4v) is 2.62. The van der Waals surface area contributed by atoms with Crippen LogP contribution in [0.4, 0.5) is 5.82 Å². The normalized spacial score (nSPS) is 19.6. The zero-order valence-corrected chi connectivity index (χ0v) is 13.7. The number of piperidine rings is 1. The predicted octanol–water partition coefficient (Wildman–Crippen LogP) is 2.48. The van der Waals surface area contributed by atoms with Crippen molar-refractivity contribution in [2.75, 3.05) is 31.1 Å². The Morgan fingerprint density at radius 2 is 2.19 bits per heavy atom. The van der Waals surface area contributed by atoms with Crippen LogP contribution in [0.15, 0.2) is 12.4 Å². The van der Waals surface area contributed by atoms with Crippen LogP contribution in [0.25, 0.3) is 0 Å². The van der Waals surface area contributed by atoms with Crippen molar-refractivity contribution >= 4 is 5.82 Å². The van der Waals surface area contributed by atoms with Gasteiger partial charge in [0.2, 0.25) is 5.88 Å². The van der Waals surface area contributed by atoms with E-state index in [1.54, 1.807) is 6.33 Å². The smallest absolute Gasteiger partial charge is 0.218 e. The summed E-state index contributed by atoms with van der Waals surface area (Å²) in [4.78, 5) is 10.9. The SMILES string of the molecule is CCOc1cc(N2CCCC(CNC(C)(C)C)C2)ncn1. The molecule has 1 fully saturated rings. The fraction of sp³-hybridized carbons (Fsp3) is 0.750. The summed E-state index contributed by atoms with van der Waals surface area (Å²) in [7, 11) is 0. The molecule has 0 bridgehead atoms. The molecule has 2 rings (SSSR count). The molecule has 5 nitrogen and oxygen atoms in total. The molecule has 1 aromatic heterocycles. The Morgan fingerprint density at radius 3 is 2.90 bits per heavy atom. The highest BCUT2D eigenvalue weighted by Crippen LogP contribution is 2.23. The molecule has 0 aromatic carbocycles. The van der Waals surface area contributed by atoms with E-state index < -0.39 is 0 Å². The van der Waals surface area contributed by atoms with Crippen LogP contribution in [0.2, 0.25) is 0 Å². The third kappa shape index (κ3) is 5.16. The van der Waals surface area contributed by atoms with Gasteiger partial charge < -0.3 is 15.0 Å². The van der Waals surface area contributed by atoms with E-state index in [2.05, 4.69) is 41.0 Å². The van der Waals surface area contributed by atoms with Gasteiger partial charge in [-0.05, 0) is 46.5 Å². The predicted molar refractivity (Wildman–Crippen MR) is 85.9 cm³/mol. The molecule has 2 heterocycles. The molecule has 1 atom stereocenters. The van der Waals surface area contributed by atoms with Gasteiger partial charge in [-0.25, -0.2) is 9.97 Å². The fourth-order valence-electron chi connectivity index (χ4n) is 2.62. The van der Waals surface area contributed by atoms with Gasteiger partial charge in [0.25, 0.3) is 0 Å². The third-order valence-electron chi connectivity index (χ3n) is 3.68. The highest BCUT2D eigenvalue weighted by Gasteiger charge is 2.22. The third-order valence-corrected chi connectivity index (χ3v) is 3.68. The minimum Gasteiger partial charge on any atom is -0.478 e. The lowest BCUT2D eigenvalue weighted by atomic mass is 9.96. The standard InChI is InChI=1S/C16H28N4O/c1-5-21-15-9-14(17-12-18-15)20-8-6-7-13(11-20)10-19-16(2,3)4/h9,12-13,19H,5-8,10-11H2,1-4H3. The first kappa shape index (κ1) is 16.0. The maximum Gasteiger partial charge on any atom is 0.218 e. The number of rotatable bonds is 5. The van der Waals surface area contributed by atoms with Crippen molar-refractivity contribution in [1.82, 2.24) is 15.3 Å². The highest BCUT2D eigenvalue weighted by atomic mass is 16.5. The van der Waals surface area contributed by atoms with Gasteiger partial charge in [0, 0.05) is 31.2 Å². The van der Waals surface area contributed by atoms with Crippen molar-refractivity contribution in [3.63, 3.8) is 0 Å². The summed E-state index contributed by atoms with van der Waals surface area (Å²) in [5.41, 5.74) is 0.180. The molecule has 1 aliphatic heterocycles. The van der Waals surface area contributed by atoms with E-state index in [9.17, 15) is 0 Å². The molecule has 1 aliphatic rings. The van der Waals surface area contributed by atoms with Crippen molar-refractivity contribution in [2.24, 2.45) is 5.92 Å².